The molecule has 0 fully saturated rings. The predicted molar refractivity (Wildman–Crippen MR) is 51.5 cm³/mol. The van der Waals surface area contributed by atoms with E-state index in [1.54, 1.807) is 6.07 Å². The Morgan fingerprint density at radius 2 is 2.29 bits per heavy atom. The summed E-state index contributed by atoms with van der Waals surface area (Å²) in [6.07, 6.45) is 1.14. The van der Waals surface area contributed by atoms with Gasteiger partial charge in [0.05, 0.1) is 12.7 Å². The summed E-state index contributed by atoms with van der Waals surface area (Å²) >= 11 is 0. The van der Waals surface area contributed by atoms with E-state index in [0.717, 1.165) is 5.56 Å². The molecule has 0 unspecified atom stereocenters. The van der Waals surface area contributed by atoms with Crippen LogP contribution in [0.2, 0.25) is 0 Å². The number of aryl methyl sites for hydroxylation is 1. The average Bonchev–Trinajstić information content (AvgIpc) is 2.18. The van der Waals surface area contributed by atoms with Crippen molar-refractivity contribution in [2.45, 2.75) is 19.8 Å². The number of nitriles is 1. The van der Waals surface area contributed by atoms with Crippen LogP contribution in [-0.2, 0) is 0 Å². The third-order valence-corrected chi connectivity index (χ3v) is 1.84. The summed E-state index contributed by atoms with van der Waals surface area (Å²) in [5.74, 6) is 0.258. The molecule has 0 aliphatic rings. The molecular formula is C11H12FNO. The van der Waals surface area contributed by atoms with Crippen molar-refractivity contribution < 1.29 is 9.13 Å². The lowest BCUT2D eigenvalue weighted by Gasteiger charge is -2.07. The van der Waals surface area contributed by atoms with E-state index in [9.17, 15) is 4.39 Å². The highest BCUT2D eigenvalue weighted by molar-refractivity contribution is 5.32. The van der Waals surface area contributed by atoms with E-state index in [1.165, 1.54) is 12.1 Å². The van der Waals surface area contributed by atoms with Crippen molar-refractivity contribution in [3.05, 3.63) is 29.6 Å². The lowest BCUT2D eigenvalue weighted by Crippen LogP contribution is -1.98. The molecule has 0 saturated heterocycles. The van der Waals surface area contributed by atoms with E-state index in [0.29, 0.717) is 25.2 Å². The molecule has 0 atom stereocenters. The zero-order valence-corrected chi connectivity index (χ0v) is 8.09. The molecule has 0 saturated carbocycles. The summed E-state index contributed by atoms with van der Waals surface area (Å²) in [6, 6.07) is 6.46. The summed E-state index contributed by atoms with van der Waals surface area (Å²) in [6.45, 7) is 2.32. The number of unbranched alkanes of at least 4 members (excludes halogenated alkanes) is 1. The summed E-state index contributed by atoms with van der Waals surface area (Å²) in [4.78, 5) is 0. The molecule has 0 N–H and O–H groups in total. The third-order valence-electron chi connectivity index (χ3n) is 1.84. The van der Waals surface area contributed by atoms with Crippen molar-refractivity contribution >= 4 is 0 Å². The lowest BCUT2D eigenvalue weighted by molar-refractivity contribution is 0.309. The van der Waals surface area contributed by atoms with Gasteiger partial charge in [0, 0.05) is 12.5 Å². The molecule has 0 spiro atoms. The van der Waals surface area contributed by atoms with Crippen LogP contribution >= 0.6 is 0 Å². The van der Waals surface area contributed by atoms with Crippen LogP contribution in [0.3, 0.4) is 0 Å². The molecule has 1 rings (SSSR count). The van der Waals surface area contributed by atoms with Gasteiger partial charge in [0.15, 0.2) is 0 Å². The van der Waals surface area contributed by atoms with E-state index in [2.05, 4.69) is 0 Å². The van der Waals surface area contributed by atoms with Crippen molar-refractivity contribution in [2.24, 2.45) is 0 Å². The van der Waals surface area contributed by atoms with Crippen molar-refractivity contribution in [1.29, 1.82) is 5.26 Å². The standard InChI is InChI=1S/C11H12FNO/c1-9-4-5-10(12)8-11(9)14-7-3-2-6-13/h4-5,8H,2-3,7H2,1H3. The van der Waals surface area contributed by atoms with Gasteiger partial charge in [0.1, 0.15) is 11.6 Å². The first kappa shape index (κ1) is 10.5. The fourth-order valence-corrected chi connectivity index (χ4v) is 1.06. The molecule has 0 heterocycles. The summed E-state index contributed by atoms with van der Waals surface area (Å²) in [7, 11) is 0. The maximum atomic E-state index is 12.8. The van der Waals surface area contributed by atoms with Crippen LogP contribution in [0.5, 0.6) is 5.75 Å². The van der Waals surface area contributed by atoms with Crippen LogP contribution in [0, 0.1) is 24.1 Å². The molecule has 74 valence electrons. The van der Waals surface area contributed by atoms with Gasteiger partial charge in [-0.05, 0) is 25.0 Å². The van der Waals surface area contributed by atoms with E-state index < -0.39 is 0 Å². The highest BCUT2D eigenvalue weighted by Crippen LogP contribution is 2.18. The van der Waals surface area contributed by atoms with Gasteiger partial charge >= 0.3 is 0 Å². The van der Waals surface area contributed by atoms with Crippen molar-refractivity contribution in [2.75, 3.05) is 6.61 Å². The molecule has 0 bridgehead atoms. The normalized spacial score (nSPS) is 9.50. The van der Waals surface area contributed by atoms with Crippen LogP contribution in [-0.4, -0.2) is 6.61 Å². The van der Waals surface area contributed by atoms with Gasteiger partial charge in [-0.25, -0.2) is 4.39 Å². The number of hydrogen-bond acceptors (Lipinski definition) is 2. The van der Waals surface area contributed by atoms with Crippen molar-refractivity contribution in [3.63, 3.8) is 0 Å². The Kier molecular flexibility index (Phi) is 3.93. The quantitative estimate of drug-likeness (QED) is 0.689. The lowest BCUT2D eigenvalue weighted by atomic mass is 10.2. The second-order valence-electron chi connectivity index (χ2n) is 3.02. The van der Waals surface area contributed by atoms with Gasteiger partial charge in [-0.15, -0.1) is 0 Å². The van der Waals surface area contributed by atoms with Crippen LogP contribution in [0.15, 0.2) is 18.2 Å². The van der Waals surface area contributed by atoms with Gasteiger partial charge in [-0.1, -0.05) is 6.07 Å². The summed E-state index contributed by atoms with van der Waals surface area (Å²) < 4.78 is 18.1. The summed E-state index contributed by atoms with van der Waals surface area (Å²) in [5.41, 5.74) is 0.906. The van der Waals surface area contributed by atoms with Gasteiger partial charge in [-0.3, -0.25) is 0 Å². The highest BCUT2D eigenvalue weighted by Gasteiger charge is 2.00. The Morgan fingerprint density at radius 1 is 1.50 bits per heavy atom. The fourth-order valence-electron chi connectivity index (χ4n) is 1.06. The molecule has 0 aliphatic heterocycles. The number of benzene rings is 1. The minimum Gasteiger partial charge on any atom is -0.493 e. The molecular weight excluding hydrogens is 181 g/mol. The predicted octanol–water partition coefficient (Wildman–Crippen LogP) is 2.82. The highest BCUT2D eigenvalue weighted by atomic mass is 19.1. The summed E-state index contributed by atoms with van der Waals surface area (Å²) in [5, 5.41) is 8.30. The largest absolute Gasteiger partial charge is 0.493 e. The smallest absolute Gasteiger partial charge is 0.126 e. The number of ether oxygens (including phenoxy) is 1. The molecule has 0 radical (unpaired) electrons. The minimum atomic E-state index is -0.300. The average molecular weight is 193 g/mol. The zero-order chi connectivity index (χ0) is 10.4. The molecule has 0 aromatic heterocycles. The topological polar surface area (TPSA) is 33.0 Å². The van der Waals surface area contributed by atoms with Gasteiger partial charge in [0.2, 0.25) is 0 Å². The number of rotatable bonds is 4. The van der Waals surface area contributed by atoms with Gasteiger partial charge in [0.25, 0.3) is 0 Å². The number of halogens is 1. The van der Waals surface area contributed by atoms with Crippen LogP contribution in [0.1, 0.15) is 18.4 Å². The van der Waals surface area contributed by atoms with Crippen LogP contribution < -0.4 is 4.74 Å². The van der Waals surface area contributed by atoms with E-state index in [4.69, 9.17) is 10.00 Å². The first-order valence-electron chi connectivity index (χ1n) is 4.50. The monoisotopic (exact) mass is 193 g/mol. The SMILES string of the molecule is Cc1ccc(F)cc1OCCCC#N. The van der Waals surface area contributed by atoms with E-state index in [1.807, 2.05) is 13.0 Å². The Morgan fingerprint density at radius 3 is 3.00 bits per heavy atom. The molecule has 2 nitrogen and oxygen atoms in total. The van der Waals surface area contributed by atoms with E-state index in [-0.39, 0.29) is 5.82 Å². The van der Waals surface area contributed by atoms with Crippen LogP contribution in [0.25, 0.3) is 0 Å². The Bertz CT molecular complexity index is 344. The molecule has 3 heteroatoms. The third kappa shape index (κ3) is 3.06. The van der Waals surface area contributed by atoms with Gasteiger partial charge < -0.3 is 4.74 Å². The van der Waals surface area contributed by atoms with Crippen molar-refractivity contribution in [3.8, 4) is 11.8 Å². The molecule has 14 heavy (non-hydrogen) atoms. The Labute approximate surface area is 82.9 Å². The maximum Gasteiger partial charge on any atom is 0.126 e. The Balaban J connectivity index is 2.50. The molecule has 1 aromatic carbocycles. The second-order valence-corrected chi connectivity index (χ2v) is 3.02. The first-order chi connectivity index (χ1) is 6.74. The second kappa shape index (κ2) is 5.23. The van der Waals surface area contributed by atoms with Crippen molar-refractivity contribution in [1.82, 2.24) is 0 Å². The molecule has 0 amide bonds. The van der Waals surface area contributed by atoms with Gasteiger partial charge in [-0.2, -0.15) is 5.26 Å². The molecule has 1 aromatic rings. The maximum absolute atomic E-state index is 12.8. The van der Waals surface area contributed by atoms with Crippen LogP contribution in [0.4, 0.5) is 4.39 Å². The van der Waals surface area contributed by atoms with E-state index >= 15 is 0 Å². The molecule has 0 aliphatic carbocycles. The number of nitrogens with zero attached hydrogens (tertiary/aromatic N) is 1. The zero-order valence-electron chi connectivity index (χ0n) is 8.09. The number of hydrogen-bond donors (Lipinski definition) is 0. The Hall–Kier alpha value is -1.56. The first-order valence-corrected chi connectivity index (χ1v) is 4.50. The minimum absolute atomic E-state index is 0.300. The fraction of sp³-hybridized carbons (Fsp3) is 0.364.